The normalized spacial score (nSPS) is 12.3. The summed E-state index contributed by atoms with van der Waals surface area (Å²) in [7, 11) is 1.36. The maximum absolute atomic E-state index is 13.5. The summed E-state index contributed by atoms with van der Waals surface area (Å²) >= 11 is 0. The zero-order valence-electron chi connectivity index (χ0n) is 16.6. The van der Waals surface area contributed by atoms with Crippen molar-refractivity contribution in [1.82, 2.24) is 15.1 Å². The molecule has 0 aliphatic carbocycles. The number of halogens is 5. The van der Waals surface area contributed by atoms with Gasteiger partial charge in [-0.15, -0.1) is 0 Å². The second kappa shape index (κ2) is 10.8. The summed E-state index contributed by atoms with van der Waals surface area (Å²) in [5, 5.41) is 14.8. The number of hydrogen-bond donors (Lipinski definition) is 1. The van der Waals surface area contributed by atoms with Gasteiger partial charge in [-0.1, -0.05) is 0 Å². The third-order valence-electron chi connectivity index (χ3n) is 3.60. The number of carbonyl (C=O) groups is 1. The number of H-pyrrole nitrogens is 1. The number of rotatable bonds is 9. The standard InChI is InChI=1S/C19H14F5N5O4/c1-29(8-12-2-3-16(31)28-27-12)10-26-17(19(22,23)24)15(9-30)32-13-4-11(7-25)5-14(6-13)33-18(20)21/h2-6,9-10,18H,8H2,1H3,(H,28,31)/b17-15+,26-10?. The Morgan fingerprint density at radius 2 is 2.00 bits per heavy atom. The van der Waals surface area contributed by atoms with Crippen LogP contribution in [0.1, 0.15) is 11.3 Å². The maximum Gasteiger partial charge on any atom is 0.437 e. The minimum atomic E-state index is -5.14. The van der Waals surface area contributed by atoms with Crippen molar-refractivity contribution in [2.75, 3.05) is 7.05 Å². The molecule has 0 spiro atoms. The lowest BCUT2D eigenvalue weighted by Crippen LogP contribution is -2.21. The van der Waals surface area contributed by atoms with E-state index in [9.17, 15) is 31.5 Å². The zero-order chi connectivity index (χ0) is 24.6. The Balaban J connectivity index is 2.36. The predicted molar refractivity (Wildman–Crippen MR) is 102 cm³/mol. The second-order valence-electron chi connectivity index (χ2n) is 6.19. The first kappa shape index (κ1) is 25.0. The quantitative estimate of drug-likeness (QED) is 0.149. The Kier molecular flexibility index (Phi) is 8.21. The number of aromatic amines is 1. The van der Waals surface area contributed by atoms with Crippen molar-refractivity contribution in [2.24, 2.45) is 4.99 Å². The summed E-state index contributed by atoms with van der Waals surface area (Å²) < 4.78 is 74.5. The molecule has 1 heterocycles. The number of benzene rings is 1. The SMILES string of the molecule is CN(C=N/C(=C(\C=O)Oc1cc(C#N)cc(OC(F)F)c1)C(F)(F)F)Cc1ccc(=O)[nH]n1. The van der Waals surface area contributed by atoms with Crippen molar-refractivity contribution in [3.63, 3.8) is 0 Å². The van der Waals surface area contributed by atoms with Gasteiger partial charge in [0.1, 0.15) is 11.5 Å². The molecule has 0 saturated heterocycles. The molecule has 0 amide bonds. The fraction of sp³-hybridized carbons (Fsp3) is 0.211. The molecule has 0 saturated carbocycles. The van der Waals surface area contributed by atoms with E-state index in [1.807, 2.05) is 0 Å². The average molecular weight is 471 g/mol. The van der Waals surface area contributed by atoms with Crippen LogP contribution in [0.25, 0.3) is 0 Å². The van der Waals surface area contributed by atoms with E-state index in [0.717, 1.165) is 24.5 Å². The number of carbonyl (C=O) groups excluding carboxylic acids is 1. The highest BCUT2D eigenvalue weighted by atomic mass is 19.4. The van der Waals surface area contributed by atoms with Crippen LogP contribution in [0.3, 0.4) is 0 Å². The van der Waals surface area contributed by atoms with E-state index in [2.05, 4.69) is 19.9 Å². The van der Waals surface area contributed by atoms with Crippen molar-refractivity contribution in [3.05, 3.63) is 63.4 Å². The number of aromatic nitrogens is 2. The number of hydrogen-bond acceptors (Lipinski definition) is 7. The number of nitrogens with one attached hydrogen (secondary N) is 1. The molecule has 1 aromatic carbocycles. The molecule has 0 radical (unpaired) electrons. The molecule has 33 heavy (non-hydrogen) atoms. The molecule has 0 aliphatic rings. The number of ether oxygens (including phenoxy) is 2. The minimum Gasteiger partial charge on any atom is -0.451 e. The predicted octanol–water partition coefficient (Wildman–Crippen LogP) is 2.75. The molecule has 2 rings (SSSR count). The zero-order valence-corrected chi connectivity index (χ0v) is 16.6. The van der Waals surface area contributed by atoms with E-state index < -0.39 is 41.3 Å². The van der Waals surface area contributed by atoms with Crippen LogP contribution in [-0.4, -0.2) is 47.6 Å². The second-order valence-corrected chi connectivity index (χ2v) is 6.19. The third kappa shape index (κ3) is 7.73. The molecule has 9 nitrogen and oxygen atoms in total. The summed E-state index contributed by atoms with van der Waals surface area (Å²) in [6.45, 7) is -3.31. The average Bonchev–Trinajstić information content (AvgIpc) is 2.73. The summed E-state index contributed by atoms with van der Waals surface area (Å²) in [6.07, 6.45) is -4.66. The molecule has 0 fully saturated rings. The Labute approximate surface area is 182 Å². The Bertz CT molecular complexity index is 1130. The van der Waals surface area contributed by atoms with Gasteiger partial charge in [0.25, 0.3) is 5.56 Å². The smallest absolute Gasteiger partial charge is 0.437 e. The number of nitriles is 1. The monoisotopic (exact) mass is 471 g/mol. The van der Waals surface area contributed by atoms with Gasteiger partial charge in [-0.2, -0.15) is 32.3 Å². The topological polar surface area (TPSA) is 121 Å². The summed E-state index contributed by atoms with van der Waals surface area (Å²) in [4.78, 5) is 26.8. The highest BCUT2D eigenvalue weighted by Gasteiger charge is 2.38. The Morgan fingerprint density at radius 3 is 2.55 bits per heavy atom. The molecular weight excluding hydrogens is 457 g/mol. The molecule has 0 aliphatic heterocycles. The van der Waals surface area contributed by atoms with Crippen LogP contribution in [0, 0.1) is 11.3 Å². The fourth-order valence-electron chi connectivity index (χ4n) is 2.31. The van der Waals surface area contributed by atoms with Gasteiger partial charge in [0.15, 0.2) is 17.7 Å². The van der Waals surface area contributed by atoms with E-state index in [4.69, 9.17) is 10.00 Å². The van der Waals surface area contributed by atoms with Gasteiger partial charge in [-0.3, -0.25) is 9.59 Å². The van der Waals surface area contributed by atoms with Gasteiger partial charge in [0, 0.05) is 19.2 Å². The summed E-state index contributed by atoms with van der Waals surface area (Å²) in [5.74, 6) is -2.38. The van der Waals surface area contributed by atoms with Crippen LogP contribution in [-0.2, 0) is 11.3 Å². The van der Waals surface area contributed by atoms with E-state index in [0.29, 0.717) is 5.69 Å². The van der Waals surface area contributed by atoms with Crippen molar-refractivity contribution in [1.29, 1.82) is 5.26 Å². The molecular formula is C19H14F5N5O4. The van der Waals surface area contributed by atoms with Gasteiger partial charge in [0.05, 0.1) is 30.2 Å². The Morgan fingerprint density at radius 1 is 1.30 bits per heavy atom. The first-order valence-corrected chi connectivity index (χ1v) is 8.75. The molecule has 0 unspecified atom stereocenters. The van der Waals surface area contributed by atoms with Crippen LogP contribution in [0.5, 0.6) is 11.5 Å². The first-order chi connectivity index (χ1) is 15.5. The van der Waals surface area contributed by atoms with Gasteiger partial charge < -0.3 is 14.4 Å². The van der Waals surface area contributed by atoms with Gasteiger partial charge in [-0.25, -0.2) is 10.1 Å². The lowest BCUT2D eigenvalue weighted by Gasteiger charge is -2.15. The van der Waals surface area contributed by atoms with Gasteiger partial charge in [-0.05, 0) is 18.2 Å². The first-order valence-electron chi connectivity index (χ1n) is 8.75. The molecule has 174 valence electrons. The maximum atomic E-state index is 13.5. The Hall–Kier alpha value is -4.28. The van der Waals surface area contributed by atoms with Crippen molar-refractivity contribution in [2.45, 2.75) is 19.3 Å². The van der Waals surface area contributed by atoms with E-state index in [-0.39, 0.29) is 18.4 Å². The number of alkyl halides is 5. The molecule has 0 atom stereocenters. The third-order valence-corrected chi connectivity index (χ3v) is 3.60. The van der Waals surface area contributed by atoms with Crippen molar-refractivity contribution < 1.29 is 36.2 Å². The summed E-state index contributed by atoms with van der Waals surface area (Å²) in [5.41, 5.74) is -2.14. The molecule has 2 aromatic rings. The molecule has 1 aromatic heterocycles. The van der Waals surface area contributed by atoms with Crippen LogP contribution < -0.4 is 15.0 Å². The van der Waals surface area contributed by atoms with Gasteiger partial charge in [0.2, 0.25) is 0 Å². The van der Waals surface area contributed by atoms with Crippen LogP contribution in [0.15, 0.2) is 51.6 Å². The van der Waals surface area contributed by atoms with Crippen LogP contribution >= 0.6 is 0 Å². The van der Waals surface area contributed by atoms with Crippen molar-refractivity contribution in [3.8, 4) is 17.6 Å². The molecule has 14 heteroatoms. The largest absolute Gasteiger partial charge is 0.451 e. The van der Waals surface area contributed by atoms with E-state index in [1.165, 1.54) is 24.1 Å². The van der Waals surface area contributed by atoms with Gasteiger partial charge >= 0.3 is 12.8 Å². The van der Waals surface area contributed by atoms with E-state index >= 15 is 0 Å². The number of allylic oxidation sites excluding steroid dienone is 2. The summed E-state index contributed by atoms with van der Waals surface area (Å²) in [6, 6.07) is 6.74. The highest BCUT2D eigenvalue weighted by molar-refractivity contribution is 5.74. The van der Waals surface area contributed by atoms with Crippen LogP contribution in [0.2, 0.25) is 0 Å². The minimum absolute atomic E-state index is 0.0404. The number of aliphatic imine (C=N–C) groups is 1. The lowest BCUT2D eigenvalue weighted by molar-refractivity contribution is -0.110. The fourth-order valence-corrected chi connectivity index (χ4v) is 2.31. The lowest BCUT2D eigenvalue weighted by atomic mass is 10.2. The van der Waals surface area contributed by atoms with Crippen LogP contribution in [0.4, 0.5) is 22.0 Å². The van der Waals surface area contributed by atoms with Crippen molar-refractivity contribution >= 4 is 12.6 Å². The highest BCUT2D eigenvalue weighted by Crippen LogP contribution is 2.31. The number of nitrogens with zero attached hydrogens (tertiary/aromatic N) is 4. The molecule has 0 bridgehead atoms. The van der Waals surface area contributed by atoms with E-state index in [1.54, 1.807) is 6.07 Å². The number of aldehydes is 1. The molecule has 1 N–H and O–H groups in total.